The summed E-state index contributed by atoms with van der Waals surface area (Å²) < 4.78 is 0. The van der Waals surface area contributed by atoms with Crippen LogP contribution in [0.25, 0.3) is 11.3 Å². The van der Waals surface area contributed by atoms with Crippen LogP contribution in [0.1, 0.15) is 29.9 Å². The Labute approximate surface area is 99.1 Å². The van der Waals surface area contributed by atoms with Crippen LogP contribution in [0.3, 0.4) is 0 Å². The quantitative estimate of drug-likeness (QED) is 0.783. The van der Waals surface area contributed by atoms with Gasteiger partial charge in [0.05, 0.1) is 16.8 Å². The number of hydrogen-bond donors (Lipinski definition) is 2. The van der Waals surface area contributed by atoms with Crippen LogP contribution < -0.4 is 5.32 Å². The molecule has 0 radical (unpaired) electrons. The van der Waals surface area contributed by atoms with Crippen molar-refractivity contribution >= 4 is 5.91 Å². The fraction of sp³-hybridized carbons (Fsp3) is 0.231. The summed E-state index contributed by atoms with van der Waals surface area (Å²) in [6, 6.07) is 5.74. The topological polar surface area (TPSA) is 57.8 Å². The first-order valence-corrected chi connectivity index (χ1v) is 5.54. The molecule has 2 N–H and O–H groups in total. The summed E-state index contributed by atoms with van der Waals surface area (Å²) in [7, 11) is 0. The third kappa shape index (κ3) is 1.45. The molecule has 3 rings (SSSR count). The number of pyridine rings is 1. The summed E-state index contributed by atoms with van der Waals surface area (Å²) in [5.74, 6) is -0.0124. The highest BCUT2D eigenvalue weighted by atomic mass is 16.2. The Balaban J connectivity index is 2.13. The third-order valence-electron chi connectivity index (χ3n) is 3.10. The van der Waals surface area contributed by atoms with Gasteiger partial charge < -0.3 is 10.3 Å². The van der Waals surface area contributed by atoms with Gasteiger partial charge in [0.15, 0.2) is 0 Å². The Morgan fingerprint density at radius 3 is 2.59 bits per heavy atom. The molecular weight excluding hydrogens is 214 g/mol. The largest absolute Gasteiger partial charge is 0.356 e. The number of carbonyl (C=O) groups is 1. The van der Waals surface area contributed by atoms with E-state index in [-0.39, 0.29) is 11.4 Å². The number of rotatable bonds is 1. The molecule has 1 aliphatic rings. The Morgan fingerprint density at radius 2 is 1.94 bits per heavy atom. The van der Waals surface area contributed by atoms with Crippen LogP contribution in [0.2, 0.25) is 0 Å². The zero-order valence-electron chi connectivity index (χ0n) is 9.74. The molecule has 4 nitrogen and oxygen atoms in total. The molecule has 2 aromatic heterocycles. The highest BCUT2D eigenvalue weighted by Gasteiger charge is 2.37. The Morgan fingerprint density at radius 1 is 1.24 bits per heavy atom. The van der Waals surface area contributed by atoms with E-state index >= 15 is 0 Å². The lowest BCUT2D eigenvalue weighted by Gasteiger charge is -2.18. The Bertz CT molecular complexity index is 584. The van der Waals surface area contributed by atoms with Gasteiger partial charge in [0.2, 0.25) is 0 Å². The second kappa shape index (κ2) is 3.20. The first-order valence-electron chi connectivity index (χ1n) is 5.54. The molecule has 1 amide bonds. The van der Waals surface area contributed by atoms with Gasteiger partial charge in [0.1, 0.15) is 0 Å². The number of nitrogens with zero attached hydrogens (tertiary/aromatic N) is 1. The lowest BCUT2D eigenvalue weighted by molar-refractivity contribution is 0.0939. The van der Waals surface area contributed by atoms with Crippen molar-refractivity contribution in [3.05, 3.63) is 41.9 Å². The van der Waals surface area contributed by atoms with Gasteiger partial charge in [-0.2, -0.15) is 0 Å². The van der Waals surface area contributed by atoms with Gasteiger partial charge in [-0.05, 0) is 32.0 Å². The molecule has 0 spiro atoms. The van der Waals surface area contributed by atoms with E-state index in [2.05, 4.69) is 15.3 Å². The molecule has 0 aliphatic carbocycles. The molecule has 0 saturated carbocycles. The van der Waals surface area contributed by atoms with Crippen LogP contribution in [0.15, 0.2) is 30.6 Å². The lowest BCUT2D eigenvalue weighted by atomic mass is 10.0. The number of nitrogens with one attached hydrogen (secondary N) is 2. The maximum absolute atomic E-state index is 11.8. The predicted octanol–water partition coefficient (Wildman–Crippen LogP) is 2.06. The average Bonchev–Trinajstić information content (AvgIpc) is 2.82. The molecule has 2 aromatic rings. The van der Waals surface area contributed by atoms with E-state index in [0.717, 1.165) is 22.5 Å². The van der Waals surface area contributed by atoms with Crippen LogP contribution in [0.5, 0.6) is 0 Å². The molecule has 86 valence electrons. The minimum atomic E-state index is -0.322. The fourth-order valence-corrected chi connectivity index (χ4v) is 2.23. The van der Waals surface area contributed by atoms with Crippen molar-refractivity contribution in [1.29, 1.82) is 0 Å². The van der Waals surface area contributed by atoms with Gasteiger partial charge in [-0.3, -0.25) is 9.78 Å². The highest BCUT2D eigenvalue weighted by Crippen LogP contribution is 2.33. The molecule has 0 bridgehead atoms. The van der Waals surface area contributed by atoms with Gasteiger partial charge >= 0.3 is 0 Å². The molecule has 17 heavy (non-hydrogen) atoms. The van der Waals surface area contributed by atoms with E-state index in [1.807, 2.05) is 32.0 Å². The summed E-state index contributed by atoms with van der Waals surface area (Å²) >= 11 is 0. The van der Waals surface area contributed by atoms with Crippen molar-refractivity contribution in [2.75, 3.05) is 0 Å². The number of H-pyrrole nitrogens is 1. The van der Waals surface area contributed by atoms with Gasteiger partial charge in [-0.15, -0.1) is 0 Å². The number of carbonyl (C=O) groups excluding carboxylic acids is 1. The standard InChI is InChI=1S/C13H13N3O/c1-13(2)11-9(12(17)16-13)7-10(15-11)8-3-5-14-6-4-8/h3-7,15H,1-2H3,(H,16,17). The number of fused-ring (bicyclic) bond motifs is 1. The molecule has 4 heteroatoms. The van der Waals surface area contributed by atoms with E-state index in [1.54, 1.807) is 12.4 Å². The number of amides is 1. The van der Waals surface area contributed by atoms with Crippen LogP contribution >= 0.6 is 0 Å². The average molecular weight is 227 g/mol. The monoisotopic (exact) mass is 227 g/mol. The van der Waals surface area contributed by atoms with Crippen molar-refractivity contribution in [2.45, 2.75) is 19.4 Å². The number of hydrogen-bond acceptors (Lipinski definition) is 2. The summed E-state index contributed by atoms with van der Waals surface area (Å²) in [4.78, 5) is 19.1. The Kier molecular flexibility index (Phi) is 1.90. The molecule has 1 aliphatic heterocycles. The van der Waals surface area contributed by atoms with Crippen LogP contribution in [-0.2, 0) is 5.54 Å². The SMILES string of the molecule is CC1(C)NC(=O)c2cc(-c3ccncc3)[nH]c21. The molecule has 0 atom stereocenters. The molecule has 0 aromatic carbocycles. The van der Waals surface area contributed by atoms with Crippen LogP contribution in [0, 0.1) is 0 Å². The lowest BCUT2D eigenvalue weighted by Crippen LogP contribution is -2.33. The second-order valence-electron chi connectivity index (χ2n) is 4.79. The maximum Gasteiger partial charge on any atom is 0.253 e. The van der Waals surface area contributed by atoms with E-state index in [1.165, 1.54) is 0 Å². The first-order chi connectivity index (χ1) is 8.08. The van der Waals surface area contributed by atoms with Gasteiger partial charge in [-0.25, -0.2) is 0 Å². The van der Waals surface area contributed by atoms with Crippen LogP contribution in [-0.4, -0.2) is 15.9 Å². The highest BCUT2D eigenvalue weighted by molar-refractivity contribution is 6.00. The molecule has 3 heterocycles. The van der Waals surface area contributed by atoms with Crippen molar-refractivity contribution in [1.82, 2.24) is 15.3 Å². The van der Waals surface area contributed by atoms with Crippen molar-refractivity contribution in [3.8, 4) is 11.3 Å². The number of aromatic nitrogens is 2. The number of aromatic amines is 1. The molecule has 0 unspecified atom stereocenters. The van der Waals surface area contributed by atoms with E-state index in [9.17, 15) is 4.79 Å². The van der Waals surface area contributed by atoms with Crippen molar-refractivity contribution < 1.29 is 4.79 Å². The van der Waals surface area contributed by atoms with E-state index < -0.39 is 0 Å². The van der Waals surface area contributed by atoms with Crippen molar-refractivity contribution in [2.24, 2.45) is 0 Å². The molecule has 0 fully saturated rings. The summed E-state index contributed by atoms with van der Waals surface area (Å²) in [6.07, 6.45) is 3.49. The molecular formula is C13H13N3O. The third-order valence-corrected chi connectivity index (χ3v) is 3.10. The fourth-order valence-electron chi connectivity index (χ4n) is 2.23. The van der Waals surface area contributed by atoms with Crippen LogP contribution in [0.4, 0.5) is 0 Å². The van der Waals surface area contributed by atoms with Gasteiger partial charge in [-0.1, -0.05) is 0 Å². The molecule has 0 saturated heterocycles. The minimum Gasteiger partial charge on any atom is -0.356 e. The van der Waals surface area contributed by atoms with Crippen molar-refractivity contribution in [3.63, 3.8) is 0 Å². The predicted molar refractivity (Wildman–Crippen MR) is 64.5 cm³/mol. The van der Waals surface area contributed by atoms with E-state index in [0.29, 0.717) is 0 Å². The second-order valence-corrected chi connectivity index (χ2v) is 4.79. The normalized spacial score (nSPS) is 16.7. The zero-order chi connectivity index (χ0) is 12.0. The van der Waals surface area contributed by atoms with E-state index in [4.69, 9.17) is 0 Å². The zero-order valence-corrected chi connectivity index (χ0v) is 9.74. The smallest absolute Gasteiger partial charge is 0.253 e. The maximum atomic E-state index is 11.8. The summed E-state index contributed by atoms with van der Waals surface area (Å²) in [6.45, 7) is 3.98. The Hall–Kier alpha value is -2.10. The summed E-state index contributed by atoms with van der Waals surface area (Å²) in [5, 5.41) is 2.93. The summed E-state index contributed by atoms with van der Waals surface area (Å²) in [5.41, 5.74) is 3.37. The van der Waals surface area contributed by atoms with Gasteiger partial charge in [0.25, 0.3) is 5.91 Å². The minimum absolute atomic E-state index is 0.0124. The van der Waals surface area contributed by atoms with Gasteiger partial charge in [0, 0.05) is 23.7 Å². The first kappa shape index (κ1) is 10.1.